The predicted octanol–water partition coefficient (Wildman–Crippen LogP) is 6.64. The number of nitrogen functional groups attached to an aromatic ring is 1. The van der Waals surface area contributed by atoms with Crippen molar-refractivity contribution in [1.29, 1.82) is 0 Å². The number of hydrogen-bond acceptors (Lipinski definition) is 9. The summed E-state index contributed by atoms with van der Waals surface area (Å²) in [7, 11) is -3.62. The van der Waals surface area contributed by atoms with Crippen LogP contribution in [0.4, 0.5) is 15.8 Å². The number of benzene rings is 2. The quantitative estimate of drug-likeness (QED) is 0.148. The number of carbonyl (C=O) groups is 2. The molecule has 1 aliphatic heterocycles. The van der Waals surface area contributed by atoms with Crippen LogP contribution in [0.3, 0.4) is 0 Å². The number of nitrogens with zero attached hydrogens (tertiary/aromatic N) is 1. The third kappa shape index (κ3) is 8.69. The molecule has 1 saturated heterocycles. The number of esters is 1. The molecule has 0 saturated carbocycles. The van der Waals surface area contributed by atoms with E-state index in [1.54, 1.807) is 55.4 Å². The van der Waals surface area contributed by atoms with Crippen molar-refractivity contribution in [2.24, 2.45) is 5.92 Å². The van der Waals surface area contributed by atoms with Gasteiger partial charge in [-0.3, -0.25) is 0 Å². The SMILES string of the molecule is CC(C)(C)OC(=O)c1sc(-c2ccc(F)c(NCC3CCN(S(=O)(=O)Cc4cccc(N)c4)C(C)(C)C3)c2)c(Cl)c1OCC(=O)O. The summed E-state index contributed by atoms with van der Waals surface area (Å²) in [5, 5.41) is 12.3. The van der Waals surface area contributed by atoms with E-state index >= 15 is 4.39 Å². The fourth-order valence-electron chi connectivity index (χ4n) is 5.53. The Labute approximate surface area is 277 Å². The van der Waals surface area contributed by atoms with Crippen molar-refractivity contribution in [2.45, 2.75) is 64.4 Å². The molecule has 2 heterocycles. The highest BCUT2D eigenvalue weighted by Gasteiger charge is 2.41. The van der Waals surface area contributed by atoms with Gasteiger partial charge in [0, 0.05) is 24.3 Å². The Morgan fingerprint density at radius 1 is 1.22 bits per heavy atom. The van der Waals surface area contributed by atoms with Crippen molar-refractivity contribution < 1.29 is 37.0 Å². The lowest BCUT2D eigenvalue weighted by atomic mass is 9.84. The molecule has 14 heteroatoms. The lowest BCUT2D eigenvalue weighted by molar-refractivity contribution is -0.139. The van der Waals surface area contributed by atoms with Gasteiger partial charge in [-0.2, -0.15) is 4.31 Å². The Hall–Kier alpha value is -3.39. The smallest absolute Gasteiger partial charge is 0.352 e. The average Bonchev–Trinajstić information content (AvgIpc) is 3.25. The maximum Gasteiger partial charge on any atom is 0.352 e. The van der Waals surface area contributed by atoms with Gasteiger partial charge in [-0.15, -0.1) is 11.3 Å². The second-order valence-electron chi connectivity index (χ2n) is 12.9. The summed E-state index contributed by atoms with van der Waals surface area (Å²) in [6.07, 6.45) is 1.13. The number of anilines is 2. The van der Waals surface area contributed by atoms with Gasteiger partial charge in [-0.05, 0) is 88.8 Å². The van der Waals surface area contributed by atoms with Gasteiger partial charge in [0.1, 0.15) is 16.4 Å². The van der Waals surface area contributed by atoms with Crippen LogP contribution in [0.1, 0.15) is 62.7 Å². The molecule has 1 aliphatic rings. The minimum Gasteiger partial charge on any atom is -0.479 e. The minimum absolute atomic E-state index is 0.00492. The number of piperidine rings is 1. The summed E-state index contributed by atoms with van der Waals surface area (Å²) < 4.78 is 54.1. The number of carboxylic acid groups (broad SMARTS) is 1. The number of carbonyl (C=O) groups excluding carboxylic acids is 1. The lowest BCUT2D eigenvalue weighted by Gasteiger charge is -2.44. The van der Waals surface area contributed by atoms with Crippen molar-refractivity contribution in [2.75, 3.05) is 30.7 Å². The third-order valence-corrected chi connectivity index (χ3v) is 11.1. The molecule has 0 bridgehead atoms. The summed E-state index contributed by atoms with van der Waals surface area (Å²) >= 11 is 7.56. The number of carboxylic acids is 1. The summed E-state index contributed by atoms with van der Waals surface area (Å²) in [6.45, 7) is 8.86. The van der Waals surface area contributed by atoms with Crippen LogP contribution in [-0.2, 0) is 25.3 Å². The van der Waals surface area contributed by atoms with Crippen LogP contribution >= 0.6 is 22.9 Å². The fourth-order valence-corrected chi connectivity index (χ4v) is 8.94. The fraction of sp³-hybridized carbons (Fsp3) is 0.438. The standard InChI is InChI=1S/C32H39ClFN3O7S2/c1-31(2,3)44-30(40)29-27(43-17-25(38)39)26(33)28(45-29)21-9-10-23(34)24(14-21)36-16-20-11-12-37(32(4,5)15-20)46(41,42)18-19-7-6-8-22(35)13-19/h6-10,13-14,20,36H,11-12,15-18,35H2,1-5H3,(H,38,39). The predicted molar refractivity (Wildman–Crippen MR) is 178 cm³/mol. The number of thiophene rings is 1. The van der Waals surface area contributed by atoms with Gasteiger partial charge in [-0.1, -0.05) is 29.8 Å². The molecule has 3 aromatic rings. The second-order valence-corrected chi connectivity index (χ2v) is 16.2. The van der Waals surface area contributed by atoms with Crippen LogP contribution in [0, 0.1) is 11.7 Å². The lowest BCUT2D eigenvalue weighted by Crippen LogP contribution is -2.53. The molecular weight excluding hydrogens is 657 g/mol. The van der Waals surface area contributed by atoms with E-state index in [4.69, 9.17) is 31.9 Å². The molecule has 2 aromatic carbocycles. The van der Waals surface area contributed by atoms with E-state index in [0.717, 1.165) is 11.3 Å². The summed E-state index contributed by atoms with van der Waals surface area (Å²) in [5.41, 5.74) is 6.16. The van der Waals surface area contributed by atoms with Crippen molar-refractivity contribution in [3.05, 3.63) is 63.7 Å². The largest absolute Gasteiger partial charge is 0.479 e. The molecule has 46 heavy (non-hydrogen) atoms. The molecule has 0 spiro atoms. The Bertz CT molecular complexity index is 1720. The molecule has 4 N–H and O–H groups in total. The molecule has 4 rings (SSSR count). The number of nitrogens with one attached hydrogen (secondary N) is 1. The van der Waals surface area contributed by atoms with Crippen LogP contribution in [-0.4, -0.2) is 60.6 Å². The van der Waals surface area contributed by atoms with Crippen LogP contribution in [0.15, 0.2) is 42.5 Å². The van der Waals surface area contributed by atoms with Gasteiger partial charge in [0.05, 0.1) is 16.3 Å². The summed E-state index contributed by atoms with van der Waals surface area (Å²) in [6, 6.07) is 11.2. The summed E-state index contributed by atoms with van der Waals surface area (Å²) in [4.78, 5) is 24.5. The molecule has 1 aromatic heterocycles. The molecule has 1 fully saturated rings. The number of sulfonamides is 1. The van der Waals surface area contributed by atoms with Gasteiger partial charge >= 0.3 is 11.9 Å². The monoisotopic (exact) mass is 695 g/mol. The first-order valence-electron chi connectivity index (χ1n) is 14.7. The first kappa shape index (κ1) is 35.5. The topological polar surface area (TPSA) is 148 Å². The zero-order valence-corrected chi connectivity index (χ0v) is 28.7. The Morgan fingerprint density at radius 3 is 2.57 bits per heavy atom. The number of nitrogens with two attached hydrogens (primary N) is 1. The Kier molecular flexibility index (Phi) is 10.6. The number of aliphatic carboxylic acids is 1. The first-order chi connectivity index (χ1) is 21.4. The molecular formula is C32H39ClFN3O7S2. The normalized spacial score (nSPS) is 17.0. The summed E-state index contributed by atoms with van der Waals surface area (Å²) in [5.74, 6) is -2.69. The molecule has 1 unspecified atom stereocenters. The second kappa shape index (κ2) is 13.8. The molecule has 0 aliphatic carbocycles. The molecule has 0 amide bonds. The van der Waals surface area contributed by atoms with Crippen molar-refractivity contribution in [3.63, 3.8) is 0 Å². The molecule has 10 nitrogen and oxygen atoms in total. The maximum absolute atomic E-state index is 15.0. The highest BCUT2D eigenvalue weighted by Crippen LogP contribution is 2.47. The highest BCUT2D eigenvalue weighted by molar-refractivity contribution is 7.88. The van der Waals surface area contributed by atoms with E-state index in [0.29, 0.717) is 47.6 Å². The number of ether oxygens (including phenoxy) is 2. The molecule has 0 radical (unpaired) electrons. The van der Waals surface area contributed by atoms with Crippen LogP contribution < -0.4 is 15.8 Å². The van der Waals surface area contributed by atoms with E-state index in [1.807, 2.05) is 13.8 Å². The number of halogens is 2. The van der Waals surface area contributed by atoms with Crippen LogP contribution in [0.2, 0.25) is 5.02 Å². The van der Waals surface area contributed by atoms with E-state index in [1.165, 1.54) is 12.1 Å². The number of rotatable bonds is 11. The van der Waals surface area contributed by atoms with Crippen molar-refractivity contribution >= 4 is 56.3 Å². The minimum atomic E-state index is -3.62. The van der Waals surface area contributed by atoms with Crippen LogP contribution in [0.5, 0.6) is 5.75 Å². The molecule has 1 atom stereocenters. The van der Waals surface area contributed by atoms with Crippen molar-refractivity contribution in [1.82, 2.24) is 4.31 Å². The third-order valence-electron chi connectivity index (χ3n) is 7.38. The van der Waals surface area contributed by atoms with Gasteiger partial charge in [0.2, 0.25) is 10.0 Å². The number of hydrogen-bond donors (Lipinski definition) is 3. The zero-order chi connectivity index (χ0) is 34.0. The van der Waals surface area contributed by atoms with Gasteiger partial charge < -0.3 is 25.6 Å². The molecule has 250 valence electrons. The van der Waals surface area contributed by atoms with Gasteiger partial charge in [-0.25, -0.2) is 22.4 Å². The Balaban J connectivity index is 1.50. The average molecular weight is 696 g/mol. The van der Waals surface area contributed by atoms with Gasteiger partial charge in [0.25, 0.3) is 0 Å². The van der Waals surface area contributed by atoms with Gasteiger partial charge in [0.15, 0.2) is 17.2 Å². The highest BCUT2D eigenvalue weighted by atomic mass is 35.5. The van der Waals surface area contributed by atoms with E-state index in [2.05, 4.69) is 5.32 Å². The van der Waals surface area contributed by atoms with E-state index < -0.39 is 45.5 Å². The maximum atomic E-state index is 15.0. The van der Waals surface area contributed by atoms with E-state index in [9.17, 15) is 18.0 Å². The first-order valence-corrected chi connectivity index (χ1v) is 17.5. The van der Waals surface area contributed by atoms with Crippen molar-refractivity contribution in [3.8, 4) is 16.2 Å². The Morgan fingerprint density at radius 2 is 1.93 bits per heavy atom. The zero-order valence-electron chi connectivity index (χ0n) is 26.4. The van der Waals surface area contributed by atoms with E-state index in [-0.39, 0.29) is 33.0 Å². The van der Waals surface area contributed by atoms with Crippen LogP contribution in [0.25, 0.3) is 10.4 Å².